The highest BCUT2D eigenvalue weighted by molar-refractivity contribution is 5.94. The molecule has 236 valence electrons. The first-order valence-electron chi connectivity index (χ1n) is 15.6. The lowest BCUT2D eigenvalue weighted by Gasteiger charge is -2.15. The molecule has 0 fully saturated rings. The van der Waals surface area contributed by atoms with Crippen LogP contribution in [0.5, 0.6) is 0 Å². The molecule has 42 heavy (non-hydrogen) atoms. The monoisotopic (exact) mass is 585 g/mol. The number of hydroxylamine groups is 1. The van der Waals surface area contributed by atoms with Gasteiger partial charge in [-0.3, -0.25) is 24.5 Å². The van der Waals surface area contributed by atoms with Gasteiger partial charge in [-0.2, -0.15) is 0 Å². The highest BCUT2D eigenvalue weighted by atomic mass is 16.6. The second kappa shape index (κ2) is 25.5. The van der Waals surface area contributed by atoms with Crippen LogP contribution in [0.1, 0.15) is 120 Å². The van der Waals surface area contributed by atoms with Crippen molar-refractivity contribution >= 4 is 17.8 Å². The smallest absolute Gasteiger partial charge is 0.325 e. The Hall–Kier alpha value is -3.23. The lowest BCUT2D eigenvalue weighted by Crippen LogP contribution is -2.28. The van der Waals surface area contributed by atoms with E-state index in [9.17, 15) is 19.5 Å². The molecule has 4 N–H and O–H groups in total. The van der Waals surface area contributed by atoms with E-state index in [-0.39, 0.29) is 11.8 Å². The molecule has 2 aromatic rings. The molecule has 8 heteroatoms. The molecule has 0 aliphatic rings. The zero-order valence-electron chi connectivity index (χ0n) is 26.7. The standard InChI is InChI=1S/C29H41N3O5.C3H8.C2H6/c1-3-12-22(4-2)21-37-32-26(33)17-9-6-10-18-30-28(34)25-16-11-13-23(19-25)20-31-27(29(35)36)24-14-7-5-8-15-24;1-3-2;1-2/h5,7-8,11,13-16,19,22,27,31H,3-4,6,9-10,12,17-18,20-21H2,1-2H3,(H,30,34)(H,32,33)(H,35,36);3H2,1-2H3;1-2H3/t22?,27-;;/m0../s1. The number of carbonyl (C=O) groups excluding carboxylic acids is 2. The van der Waals surface area contributed by atoms with Gasteiger partial charge in [0, 0.05) is 25.1 Å². The minimum absolute atomic E-state index is 0.113. The Morgan fingerprint density at radius 2 is 1.60 bits per heavy atom. The van der Waals surface area contributed by atoms with Gasteiger partial charge in [-0.25, -0.2) is 5.48 Å². The first kappa shape index (κ1) is 38.8. The maximum Gasteiger partial charge on any atom is 0.325 e. The summed E-state index contributed by atoms with van der Waals surface area (Å²) in [6.45, 7) is 13.9. The van der Waals surface area contributed by atoms with Gasteiger partial charge in [0.2, 0.25) is 5.91 Å². The summed E-state index contributed by atoms with van der Waals surface area (Å²) in [6, 6.07) is 15.3. The van der Waals surface area contributed by atoms with Crippen molar-refractivity contribution in [3.63, 3.8) is 0 Å². The summed E-state index contributed by atoms with van der Waals surface area (Å²) in [5.74, 6) is -0.773. The molecular weight excluding hydrogens is 530 g/mol. The minimum Gasteiger partial charge on any atom is -0.480 e. The molecule has 2 amide bonds. The van der Waals surface area contributed by atoms with E-state index < -0.39 is 12.0 Å². The molecule has 2 atom stereocenters. The molecule has 8 nitrogen and oxygen atoms in total. The van der Waals surface area contributed by atoms with Gasteiger partial charge in [-0.05, 0) is 48.4 Å². The molecule has 2 aromatic carbocycles. The van der Waals surface area contributed by atoms with Gasteiger partial charge < -0.3 is 10.4 Å². The third-order valence-electron chi connectivity index (χ3n) is 6.22. The molecule has 0 aliphatic carbocycles. The fraction of sp³-hybridized carbons (Fsp3) is 0.559. The Morgan fingerprint density at radius 3 is 2.21 bits per heavy atom. The van der Waals surface area contributed by atoms with Crippen molar-refractivity contribution in [2.45, 2.75) is 105 Å². The topological polar surface area (TPSA) is 117 Å². The average molecular weight is 586 g/mol. The van der Waals surface area contributed by atoms with E-state index in [1.807, 2.05) is 26.0 Å². The zero-order valence-corrected chi connectivity index (χ0v) is 26.7. The number of rotatable bonds is 18. The van der Waals surface area contributed by atoms with Gasteiger partial charge in [-0.1, -0.05) is 110 Å². The summed E-state index contributed by atoms with van der Waals surface area (Å²) in [6.07, 6.45) is 7.21. The van der Waals surface area contributed by atoms with Crippen molar-refractivity contribution in [2.75, 3.05) is 13.2 Å². The van der Waals surface area contributed by atoms with Gasteiger partial charge in [0.1, 0.15) is 6.04 Å². The number of amides is 2. The molecule has 2 rings (SSSR count). The van der Waals surface area contributed by atoms with Crippen molar-refractivity contribution in [2.24, 2.45) is 5.92 Å². The largest absolute Gasteiger partial charge is 0.480 e. The number of carbonyl (C=O) groups is 3. The van der Waals surface area contributed by atoms with Crippen LogP contribution in [-0.4, -0.2) is 36.0 Å². The average Bonchev–Trinajstić information content (AvgIpc) is 3.00. The van der Waals surface area contributed by atoms with E-state index in [1.165, 1.54) is 6.42 Å². The number of hydrogen-bond acceptors (Lipinski definition) is 5. The molecule has 0 bridgehead atoms. The van der Waals surface area contributed by atoms with Crippen LogP contribution in [0.2, 0.25) is 0 Å². The second-order valence-corrected chi connectivity index (χ2v) is 9.94. The van der Waals surface area contributed by atoms with Crippen molar-refractivity contribution in [1.82, 2.24) is 16.1 Å². The molecule has 1 unspecified atom stereocenters. The van der Waals surface area contributed by atoms with Gasteiger partial charge >= 0.3 is 5.97 Å². The van der Waals surface area contributed by atoms with Gasteiger partial charge in [-0.15, -0.1) is 0 Å². The van der Waals surface area contributed by atoms with Crippen LogP contribution >= 0.6 is 0 Å². The van der Waals surface area contributed by atoms with Crippen LogP contribution in [0.25, 0.3) is 0 Å². The van der Waals surface area contributed by atoms with E-state index >= 15 is 0 Å². The van der Waals surface area contributed by atoms with Crippen molar-refractivity contribution in [3.05, 3.63) is 71.3 Å². The minimum atomic E-state index is -0.956. The number of unbranched alkanes of at least 4 members (excludes halogenated alkanes) is 2. The third kappa shape index (κ3) is 17.6. The van der Waals surface area contributed by atoms with Gasteiger partial charge in [0.25, 0.3) is 5.91 Å². The molecule has 0 saturated carbocycles. The number of carboxylic acids is 1. The van der Waals surface area contributed by atoms with E-state index in [0.29, 0.717) is 43.2 Å². The number of aliphatic carboxylic acids is 1. The molecule has 0 saturated heterocycles. The van der Waals surface area contributed by atoms with Crippen molar-refractivity contribution in [3.8, 4) is 0 Å². The number of hydrogen-bond donors (Lipinski definition) is 4. The summed E-state index contributed by atoms with van der Waals surface area (Å²) in [7, 11) is 0. The Bertz CT molecular complexity index is 984. The fourth-order valence-corrected chi connectivity index (χ4v) is 4.03. The van der Waals surface area contributed by atoms with E-state index in [2.05, 4.69) is 43.8 Å². The first-order chi connectivity index (χ1) is 20.4. The van der Waals surface area contributed by atoms with Crippen LogP contribution in [-0.2, 0) is 21.0 Å². The van der Waals surface area contributed by atoms with E-state index in [4.69, 9.17) is 4.84 Å². The first-order valence-corrected chi connectivity index (χ1v) is 15.6. The number of nitrogens with one attached hydrogen (secondary N) is 3. The van der Waals surface area contributed by atoms with Gasteiger partial charge in [0.15, 0.2) is 0 Å². The Balaban J connectivity index is 0.00000315. The Morgan fingerprint density at radius 1 is 0.905 bits per heavy atom. The maximum atomic E-state index is 12.5. The predicted molar refractivity (Wildman–Crippen MR) is 171 cm³/mol. The molecule has 0 aliphatic heterocycles. The summed E-state index contributed by atoms with van der Waals surface area (Å²) in [5, 5.41) is 15.5. The van der Waals surface area contributed by atoms with Crippen LogP contribution in [0.4, 0.5) is 0 Å². The summed E-state index contributed by atoms with van der Waals surface area (Å²) in [4.78, 5) is 41.5. The van der Waals surface area contributed by atoms with E-state index in [1.54, 1.807) is 42.5 Å². The highest BCUT2D eigenvalue weighted by Gasteiger charge is 2.19. The third-order valence-corrected chi connectivity index (χ3v) is 6.22. The number of carboxylic acid groups (broad SMARTS) is 1. The SMILES string of the molecule is CC.CCC.CCCC(CC)CONC(=O)CCCCCNC(=O)c1cccc(CN[C@H](C(=O)O)c2ccccc2)c1. The van der Waals surface area contributed by atoms with Crippen molar-refractivity contribution in [1.29, 1.82) is 0 Å². The van der Waals surface area contributed by atoms with Crippen LogP contribution in [0.3, 0.4) is 0 Å². The van der Waals surface area contributed by atoms with Gasteiger partial charge in [0.05, 0.1) is 6.61 Å². The predicted octanol–water partition coefficient (Wildman–Crippen LogP) is 7.21. The van der Waals surface area contributed by atoms with E-state index in [0.717, 1.165) is 44.1 Å². The summed E-state index contributed by atoms with van der Waals surface area (Å²) in [5.41, 5.74) is 4.55. The summed E-state index contributed by atoms with van der Waals surface area (Å²) >= 11 is 0. The van der Waals surface area contributed by atoms with Crippen LogP contribution in [0, 0.1) is 5.92 Å². The fourth-order valence-electron chi connectivity index (χ4n) is 4.03. The molecular formula is C34H55N3O5. The second-order valence-electron chi connectivity index (χ2n) is 9.94. The zero-order chi connectivity index (χ0) is 31.6. The summed E-state index contributed by atoms with van der Waals surface area (Å²) < 4.78 is 0. The number of benzene rings is 2. The van der Waals surface area contributed by atoms with Crippen LogP contribution < -0.4 is 16.1 Å². The Labute approximate surface area is 254 Å². The Kier molecular flexibility index (Phi) is 23.5. The molecule has 0 spiro atoms. The maximum absolute atomic E-state index is 12.5. The lowest BCUT2D eigenvalue weighted by atomic mass is 10.0. The lowest BCUT2D eigenvalue weighted by molar-refractivity contribution is -0.139. The van der Waals surface area contributed by atoms with Crippen LogP contribution in [0.15, 0.2) is 54.6 Å². The highest BCUT2D eigenvalue weighted by Crippen LogP contribution is 2.15. The quantitative estimate of drug-likeness (QED) is 0.109. The normalized spacial score (nSPS) is 11.6. The molecule has 0 heterocycles. The molecule has 0 radical (unpaired) electrons. The molecule has 0 aromatic heterocycles. The van der Waals surface area contributed by atoms with Crippen molar-refractivity contribution < 1.29 is 24.3 Å².